The van der Waals surface area contributed by atoms with Crippen molar-refractivity contribution >= 4 is 0 Å². The van der Waals surface area contributed by atoms with E-state index in [4.69, 9.17) is 9.47 Å². The molecule has 0 spiro atoms. The molecular formula is C22H22O3. The van der Waals surface area contributed by atoms with Crippen LogP contribution in [0.1, 0.15) is 16.7 Å². The van der Waals surface area contributed by atoms with Crippen LogP contribution in [-0.4, -0.2) is 11.7 Å². The average molecular weight is 334 g/mol. The van der Waals surface area contributed by atoms with Crippen LogP contribution in [0.15, 0.2) is 78.9 Å². The molecule has 0 aliphatic carbocycles. The first-order valence-electron chi connectivity index (χ1n) is 8.43. The van der Waals surface area contributed by atoms with Crippen molar-refractivity contribution < 1.29 is 14.6 Å². The maximum absolute atomic E-state index is 9.33. The standard InChI is InChI=1S/C22H22O3/c23-15-14-20-12-7-13-21(24-16-18-8-3-1-4-9-18)22(20)25-17-19-10-5-2-6-11-19/h1-13,23H,14-17H2. The fourth-order valence-corrected chi connectivity index (χ4v) is 2.62. The van der Waals surface area contributed by atoms with Crippen LogP contribution in [0, 0.1) is 0 Å². The normalized spacial score (nSPS) is 10.4. The molecule has 0 heterocycles. The minimum Gasteiger partial charge on any atom is -0.485 e. The molecule has 0 unspecified atom stereocenters. The molecule has 3 nitrogen and oxygen atoms in total. The molecule has 0 saturated heterocycles. The minimum absolute atomic E-state index is 0.0732. The molecule has 0 radical (unpaired) electrons. The number of aliphatic hydroxyl groups excluding tert-OH is 1. The second kappa shape index (κ2) is 8.90. The molecule has 0 amide bonds. The van der Waals surface area contributed by atoms with Crippen LogP contribution in [0.2, 0.25) is 0 Å². The zero-order chi connectivity index (χ0) is 17.3. The zero-order valence-corrected chi connectivity index (χ0v) is 14.1. The summed E-state index contributed by atoms with van der Waals surface area (Å²) in [5, 5.41) is 9.33. The lowest BCUT2D eigenvalue weighted by Crippen LogP contribution is -2.04. The van der Waals surface area contributed by atoms with E-state index in [1.165, 1.54) is 0 Å². The fraction of sp³-hybridized carbons (Fsp3) is 0.182. The highest BCUT2D eigenvalue weighted by atomic mass is 16.5. The fourth-order valence-electron chi connectivity index (χ4n) is 2.62. The van der Waals surface area contributed by atoms with E-state index in [9.17, 15) is 5.11 Å². The van der Waals surface area contributed by atoms with E-state index < -0.39 is 0 Å². The Morgan fingerprint density at radius 3 is 1.84 bits per heavy atom. The number of hydrogen-bond donors (Lipinski definition) is 1. The average Bonchev–Trinajstić information content (AvgIpc) is 2.67. The molecule has 128 valence electrons. The lowest BCUT2D eigenvalue weighted by Gasteiger charge is -2.16. The SMILES string of the molecule is OCCc1cccc(OCc2ccccc2)c1OCc1ccccc1. The predicted molar refractivity (Wildman–Crippen MR) is 98.8 cm³/mol. The van der Waals surface area contributed by atoms with Crippen molar-refractivity contribution in [3.8, 4) is 11.5 Å². The lowest BCUT2D eigenvalue weighted by atomic mass is 10.1. The summed E-state index contributed by atoms with van der Waals surface area (Å²) in [5.41, 5.74) is 3.14. The van der Waals surface area contributed by atoms with Crippen molar-refractivity contribution in [2.75, 3.05) is 6.61 Å². The van der Waals surface area contributed by atoms with E-state index in [0.717, 1.165) is 16.7 Å². The van der Waals surface area contributed by atoms with Crippen LogP contribution >= 0.6 is 0 Å². The highest BCUT2D eigenvalue weighted by molar-refractivity contribution is 5.47. The molecule has 3 heteroatoms. The van der Waals surface area contributed by atoms with E-state index >= 15 is 0 Å². The highest BCUT2D eigenvalue weighted by Gasteiger charge is 2.12. The minimum atomic E-state index is 0.0732. The van der Waals surface area contributed by atoms with E-state index in [2.05, 4.69) is 0 Å². The second-order valence-corrected chi connectivity index (χ2v) is 5.77. The molecule has 0 aliphatic heterocycles. The van der Waals surface area contributed by atoms with Gasteiger partial charge < -0.3 is 14.6 Å². The summed E-state index contributed by atoms with van der Waals surface area (Å²) in [6.07, 6.45) is 0.534. The Hall–Kier alpha value is -2.78. The molecule has 0 saturated carbocycles. The van der Waals surface area contributed by atoms with Gasteiger partial charge in [0.1, 0.15) is 13.2 Å². The van der Waals surface area contributed by atoms with Crippen molar-refractivity contribution in [3.63, 3.8) is 0 Å². The molecule has 3 aromatic rings. The second-order valence-electron chi connectivity index (χ2n) is 5.77. The first-order valence-corrected chi connectivity index (χ1v) is 8.43. The van der Waals surface area contributed by atoms with Crippen LogP contribution in [0.5, 0.6) is 11.5 Å². The molecule has 3 aromatic carbocycles. The van der Waals surface area contributed by atoms with Gasteiger partial charge in [0.05, 0.1) is 0 Å². The number of hydrogen-bond acceptors (Lipinski definition) is 3. The first kappa shape index (κ1) is 17.1. The number of aliphatic hydroxyl groups is 1. The molecule has 0 bridgehead atoms. The van der Waals surface area contributed by atoms with Gasteiger partial charge in [-0.2, -0.15) is 0 Å². The van der Waals surface area contributed by atoms with Gasteiger partial charge in [0.2, 0.25) is 0 Å². The summed E-state index contributed by atoms with van der Waals surface area (Å²) in [4.78, 5) is 0. The van der Waals surface area contributed by atoms with Crippen molar-refractivity contribution in [1.82, 2.24) is 0 Å². The summed E-state index contributed by atoms with van der Waals surface area (Å²) in [7, 11) is 0. The van der Waals surface area contributed by atoms with Gasteiger partial charge in [-0.25, -0.2) is 0 Å². The Labute approximate surface area is 148 Å². The topological polar surface area (TPSA) is 38.7 Å². The molecule has 25 heavy (non-hydrogen) atoms. The lowest BCUT2D eigenvalue weighted by molar-refractivity contribution is 0.250. The molecule has 0 fully saturated rings. The Morgan fingerprint density at radius 1 is 0.640 bits per heavy atom. The predicted octanol–water partition coefficient (Wildman–Crippen LogP) is 4.38. The van der Waals surface area contributed by atoms with Crippen molar-refractivity contribution in [3.05, 3.63) is 95.6 Å². The summed E-state index contributed by atoms with van der Waals surface area (Å²) >= 11 is 0. The van der Waals surface area contributed by atoms with Gasteiger partial charge in [-0.05, 0) is 23.6 Å². The maximum atomic E-state index is 9.33. The van der Waals surface area contributed by atoms with Gasteiger partial charge in [0.25, 0.3) is 0 Å². The quantitative estimate of drug-likeness (QED) is 0.664. The Balaban J connectivity index is 1.77. The molecule has 0 aliphatic rings. The van der Waals surface area contributed by atoms with E-state index in [1.54, 1.807) is 0 Å². The molecule has 1 N–H and O–H groups in total. The van der Waals surface area contributed by atoms with Crippen molar-refractivity contribution in [2.45, 2.75) is 19.6 Å². The third kappa shape index (κ3) is 4.85. The summed E-state index contributed by atoms with van der Waals surface area (Å²) in [6, 6.07) is 25.9. The molecular weight excluding hydrogens is 312 g/mol. The summed E-state index contributed by atoms with van der Waals surface area (Å²) in [6.45, 7) is 1.01. The Morgan fingerprint density at radius 2 is 1.24 bits per heavy atom. The first-order chi connectivity index (χ1) is 12.4. The van der Waals surface area contributed by atoms with E-state index in [0.29, 0.717) is 31.1 Å². The molecule has 0 aromatic heterocycles. The summed E-state index contributed by atoms with van der Waals surface area (Å²) < 4.78 is 12.1. The number of para-hydroxylation sites is 1. The van der Waals surface area contributed by atoms with Crippen LogP contribution in [0.4, 0.5) is 0 Å². The van der Waals surface area contributed by atoms with E-state index in [-0.39, 0.29) is 6.61 Å². The maximum Gasteiger partial charge on any atom is 0.164 e. The monoisotopic (exact) mass is 334 g/mol. The number of benzene rings is 3. The van der Waals surface area contributed by atoms with Gasteiger partial charge in [0.15, 0.2) is 11.5 Å². The Kier molecular flexibility index (Phi) is 6.07. The van der Waals surface area contributed by atoms with Crippen LogP contribution in [0.3, 0.4) is 0 Å². The van der Waals surface area contributed by atoms with Crippen molar-refractivity contribution in [1.29, 1.82) is 0 Å². The molecule has 3 rings (SSSR count). The third-order valence-corrected chi connectivity index (χ3v) is 3.90. The van der Waals surface area contributed by atoms with Gasteiger partial charge in [-0.1, -0.05) is 72.8 Å². The number of ether oxygens (including phenoxy) is 2. The zero-order valence-electron chi connectivity index (χ0n) is 14.1. The molecule has 0 atom stereocenters. The van der Waals surface area contributed by atoms with Crippen LogP contribution in [0.25, 0.3) is 0 Å². The van der Waals surface area contributed by atoms with Gasteiger partial charge in [-0.3, -0.25) is 0 Å². The highest BCUT2D eigenvalue weighted by Crippen LogP contribution is 2.33. The third-order valence-electron chi connectivity index (χ3n) is 3.90. The van der Waals surface area contributed by atoms with Crippen molar-refractivity contribution in [2.24, 2.45) is 0 Å². The van der Waals surface area contributed by atoms with Gasteiger partial charge >= 0.3 is 0 Å². The van der Waals surface area contributed by atoms with Crippen LogP contribution < -0.4 is 9.47 Å². The van der Waals surface area contributed by atoms with Crippen LogP contribution in [-0.2, 0) is 19.6 Å². The smallest absolute Gasteiger partial charge is 0.164 e. The largest absolute Gasteiger partial charge is 0.485 e. The number of rotatable bonds is 8. The Bertz CT molecular complexity index is 770. The van der Waals surface area contributed by atoms with Gasteiger partial charge in [-0.15, -0.1) is 0 Å². The summed E-state index contributed by atoms with van der Waals surface area (Å²) in [5.74, 6) is 1.40. The van der Waals surface area contributed by atoms with Gasteiger partial charge in [0, 0.05) is 12.2 Å². The van der Waals surface area contributed by atoms with E-state index in [1.807, 2.05) is 78.9 Å².